The second-order valence-corrected chi connectivity index (χ2v) is 9.15. The van der Waals surface area contributed by atoms with Crippen molar-refractivity contribution in [2.45, 2.75) is 6.10 Å². The number of thiazole rings is 1. The van der Waals surface area contributed by atoms with Gasteiger partial charge in [0.05, 0.1) is 36.5 Å². The molecular weight excluding hydrogens is 476 g/mol. The van der Waals surface area contributed by atoms with E-state index in [2.05, 4.69) is 15.6 Å². The van der Waals surface area contributed by atoms with Gasteiger partial charge in [-0.25, -0.2) is 9.97 Å². The molecule has 3 aromatic heterocycles. The topological polar surface area (TPSA) is 116 Å². The Labute approximate surface area is 210 Å². The second-order valence-electron chi connectivity index (χ2n) is 8.29. The number of carbonyl (C=O) groups excluding carboxylic acids is 1. The van der Waals surface area contributed by atoms with Gasteiger partial charge in [0.15, 0.2) is 5.13 Å². The highest BCUT2D eigenvalue weighted by Crippen LogP contribution is 2.29. The standard InChI is InChI=1S/C26H22N6O3S/c27-20-3-1-2-4-21(20)30-25(33)16-5-7-17(8-6-16)29-26-31-22(15-36-26)23-12-28-24-11-18(9-10-32(23)24)35-19-13-34-14-19/h1-12,15,19H,13-14,27H2,(H,29,31)(H,30,33). The molecule has 4 heterocycles. The van der Waals surface area contributed by atoms with Crippen LogP contribution in [0.1, 0.15) is 10.4 Å². The third-order valence-corrected chi connectivity index (χ3v) is 6.53. The number of amides is 1. The van der Waals surface area contributed by atoms with Crippen LogP contribution in [0.4, 0.5) is 22.2 Å². The van der Waals surface area contributed by atoms with Crippen molar-refractivity contribution in [1.29, 1.82) is 0 Å². The number of aromatic nitrogens is 3. The summed E-state index contributed by atoms with van der Waals surface area (Å²) in [5, 5.41) is 8.84. The number of carbonyl (C=O) groups is 1. The van der Waals surface area contributed by atoms with Crippen LogP contribution in [0.15, 0.2) is 78.4 Å². The van der Waals surface area contributed by atoms with Crippen molar-refractivity contribution < 1.29 is 14.3 Å². The normalized spacial score (nSPS) is 13.3. The van der Waals surface area contributed by atoms with Crippen LogP contribution in [0.25, 0.3) is 17.0 Å². The summed E-state index contributed by atoms with van der Waals surface area (Å²) in [6, 6.07) is 18.2. The van der Waals surface area contributed by atoms with E-state index < -0.39 is 0 Å². The van der Waals surface area contributed by atoms with Crippen LogP contribution in [0.3, 0.4) is 0 Å². The van der Waals surface area contributed by atoms with Crippen molar-refractivity contribution >= 4 is 45.1 Å². The van der Waals surface area contributed by atoms with Crippen LogP contribution in [0.5, 0.6) is 5.75 Å². The van der Waals surface area contributed by atoms with E-state index in [1.165, 1.54) is 11.3 Å². The zero-order chi connectivity index (χ0) is 24.5. The summed E-state index contributed by atoms with van der Waals surface area (Å²) in [5.74, 6) is 0.552. The molecule has 0 bridgehead atoms. The molecule has 180 valence electrons. The van der Waals surface area contributed by atoms with Crippen molar-refractivity contribution in [1.82, 2.24) is 14.4 Å². The number of benzene rings is 2. The number of nitrogen functional groups attached to an aromatic ring is 1. The molecule has 0 spiro atoms. The first-order chi connectivity index (χ1) is 17.6. The van der Waals surface area contributed by atoms with E-state index in [0.717, 1.165) is 33.6 Å². The zero-order valence-corrected chi connectivity index (χ0v) is 19.9. The van der Waals surface area contributed by atoms with E-state index in [1.54, 1.807) is 30.5 Å². The average Bonchev–Trinajstić information content (AvgIpc) is 3.50. The highest BCUT2D eigenvalue weighted by atomic mass is 32.1. The summed E-state index contributed by atoms with van der Waals surface area (Å²) >= 11 is 1.49. The molecule has 0 unspecified atom stereocenters. The number of hydrogen-bond acceptors (Lipinski definition) is 8. The van der Waals surface area contributed by atoms with Crippen molar-refractivity contribution in [3.8, 4) is 17.1 Å². The smallest absolute Gasteiger partial charge is 0.255 e. The van der Waals surface area contributed by atoms with Crippen LogP contribution in [-0.2, 0) is 4.74 Å². The van der Waals surface area contributed by atoms with Crippen LogP contribution in [-0.4, -0.2) is 39.6 Å². The fourth-order valence-electron chi connectivity index (χ4n) is 3.78. The number of para-hydroxylation sites is 2. The van der Waals surface area contributed by atoms with Gasteiger partial charge in [-0.1, -0.05) is 12.1 Å². The predicted molar refractivity (Wildman–Crippen MR) is 140 cm³/mol. The van der Waals surface area contributed by atoms with E-state index >= 15 is 0 Å². The molecule has 1 aliphatic heterocycles. The Bertz CT molecular complexity index is 1540. The maximum absolute atomic E-state index is 12.6. The molecule has 5 aromatic rings. The molecule has 0 saturated carbocycles. The number of nitrogens with one attached hydrogen (secondary N) is 2. The molecule has 10 heteroatoms. The summed E-state index contributed by atoms with van der Waals surface area (Å²) in [6.07, 6.45) is 3.85. The number of imidazole rings is 1. The molecule has 2 aromatic carbocycles. The number of ether oxygens (including phenoxy) is 2. The maximum atomic E-state index is 12.6. The molecule has 4 N–H and O–H groups in total. The van der Waals surface area contributed by atoms with Crippen LogP contribution >= 0.6 is 11.3 Å². The minimum atomic E-state index is -0.224. The first-order valence-electron chi connectivity index (χ1n) is 11.3. The monoisotopic (exact) mass is 498 g/mol. The van der Waals surface area contributed by atoms with Gasteiger partial charge in [0, 0.05) is 28.9 Å². The number of nitrogens with two attached hydrogens (primary N) is 1. The Morgan fingerprint density at radius 1 is 1.14 bits per heavy atom. The van der Waals surface area contributed by atoms with E-state index in [1.807, 2.05) is 52.4 Å². The Morgan fingerprint density at radius 3 is 2.75 bits per heavy atom. The number of fused-ring (bicyclic) bond motifs is 1. The fourth-order valence-corrected chi connectivity index (χ4v) is 4.51. The molecule has 6 rings (SSSR count). The summed E-state index contributed by atoms with van der Waals surface area (Å²) in [4.78, 5) is 21.8. The largest absolute Gasteiger partial charge is 0.485 e. The molecule has 1 amide bonds. The minimum Gasteiger partial charge on any atom is -0.485 e. The van der Waals surface area contributed by atoms with Gasteiger partial charge in [-0.2, -0.15) is 0 Å². The third-order valence-electron chi connectivity index (χ3n) is 5.77. The van der Waals surface area contributed by atoms with E-state index in [4.69, 9.17) is 20.2 Å². The first kappa shape index (κ1) is 22.1. The van der Waals surface area contributed by atoms with Gasteiger partial charge in [0.2, 0.25) is 0 Å². The van der Waals surface area contributed by atoms with Gasteiger partial charge >= 0.3 is 0 Å². The van der Waals surface area contributed by atoms with Crippen LogP contribution in [0, 0.1) is 0 Å². The summed E-state index contributed by atoms with van der Waals surface area (Å²) in [7, 11) is 0. The highest BCUT2D eigenvalue weighted by molar-refractivity contribution is 7.14. The number of anilines is 4. The zero-order valence-electron chi connectivity index (χ0n) is 19.0. The van der Waals surface area contributed by atoms with Crippen molar-refractivity contribution in [3.05, 3.63) is 84.0 Å². The number of pyridine rings is 1. The molecule has 0 aliphatic carbocycles. The number of hydrogen-bond donors (Lipinski definition) is 3. The quantitative estimate of drug-likeness (QED) is 0.276. The molecule has 36 heavy (non-hydrogen) atoms. The Kier molecular flexibility index (Phi) is 5.72. The minimum absolute atomic E-state index is 0.111. The predicted octanol–water partition coefficient (Wildman–Crippen LogP) is 4.81. The fraction of sp³-hybridized carbons (Fsp3) is 0.115. The molecule has 1 aliphatic rings. The Balaban J connectivity index is 1.13. The Hall–Kier alpha value is -4.41. The maximum Gasteiger partial charge on any atom is 0.255 e. The van der Waals surface area contributed by atoms with Crippen molar-refractivity contribution in [2.24, 2.45) is 0 Å². The first-order valence-corrected chi connectivity index (χ1v) is 12.2. The Morgan fingerprint density at radius 2 is 1.97 bits per heavy atom. The van der Waals surface area contributed by atoms with Crippen LogP contribution < -0.4 is 21.1 Å². The number of nitrogens with zero attached hydrogens (tertiary/aromatic N) is 3. The molecule has 1 saturated heterocycles. The number of rotatable bonds is 7. The summed E-state index contributed by atoms with van der Waals surface area (Å²) in [5.41, 5.74) is 10.9. The molecule has 0 radical (unpaired) electrons. The van der Waals surface area contributed by atoms with Gasteiger partial charge < -0.3 is 25.8 Å². The lowest BCUT2D eigenvalue weighted by molar-refractivity contribution is -0.0796. The average molecular weight is 499 g/mol. The lowest BCUT2D eigenvalue weighted by Crippen LogP contribution is -2.38. The lowest BCUT2D eigenvalue weighted by Gasteiger charge is -2.26. The molecule has 9 nitrogen and oxygen atoms in total. The lowest BCUT2D eigenvalue weighted by atomic mass is 10.2. The van der Waals surface area contributed by atoms with Gasteiger partial charge in [-0.3, -0.25) is 9.20 Å². The SMILES string of the molecule is Nc1ccccc1NC(=O)c1ccc(Nc2nc(-c3cnc4cc(OC5COC5)ccn34)cs2)cc1. The van der Waals surface area contributed by atoms with Crippen molar-refractivity contribution in [2.75, 3.05) is 29.6 Å². The van der Waals surface area contributed by atoms with Gasteiger partial charge in [0.25, 0.3) is 5.91 Å². The third kappa shape index (κ3) is 4.47. The second kappa shape index (κ2) is 9.33. The van der Waals surface area contributed by atoms with E-state index in [-0.39, 0.29) is 12.0 Å². The van der Waals surface area contributed by atoms with Gasteiger partial charge in [-0.15, -0.1) is 11.3 Å². The summed E-state index contributed by atoms with van der Waals surface area (Å²) in [6.45, 7) is 1.25. The molecule has 1 fully saturated rings. The molecule has 0 atom stereocenters. The van der Waals surface area contributed by atoms with Gasteiger partial charge in [0.1, 0.15) is 23.2 Å². The summed E-state index contributed by atoms with van der Waals surface area (Å²) < 4.78 is 13.0. The van der Waals surface area contributed by atoms with Gasteiger partial charge in [-0.05, 0) is 42.5 Å². The van der Waals surface area contributed by atoms with E-state index in [0.29, 0.717) is 30.2 Å². The van der Waals surface area contributed by atoms with Crippen molar-refractivity contribution in [3.63, 3.8) is 0 Å². The van der Waals surface area contributed by atoms with E-state index in [9.17, 15) is 4.79 Å². The highest BCUT2D eigenvalue weighted by Gasteiger charge is 2.20. The van der Waals surface area contributed by atoms with Crippen LogP contribution in [0.2, 0.25) is 0 Å². The molecular formula is C26H22N6O3S.